The third-order valence-corrected chi connectivity index (χ3v) is 2.39. The lowest BCUT2D eigenvalue weighted by molar-refractivity contribution is -0.129. The second-order valence-corrected chi connectivity index (χ2v) is 3.73. The number of rotatable bonds is 3. The fourth-order valence-electron chi connectivity index (χ4n) is 1.52. The van der Waals surface area contributed by atoms with E-state index in [1.165, 1.54) is 12.1 Å². The van der Waals surface area contributed by atoms with Gasteiger partial charge in [0.25, 0.3) is 0 Å². The molecular weight excluding hydrogens is 252 g/mol. The Labute approximate surface area is 107 Å². The van der Waals surface area contributed by atoms with Crippen LogP contribution >= 0.6 is 0 Å². The number of hydrogen-bond acceptors (Lipinski definition) is 2. The summed E-state index contributed by atoms with van der Waals surface area (Å²) in [6, 6.07) is 10.7. The lowest BCUT2D eigenvalue weighted by atomic mass is 10.1. The lowest BCUT2D eigenvalue weighted by Crippen LogP contribution is -2.14. The Morgan fingerprint density at radius 2 is 1.74 bits per heavy atom. The third-order valence-electron chi connectivity index (χ3n) is 2.39. The van der Waals surface area contributed by atoms with Crippen LogP contribution in [0.25, 0.3) is 0 Å². The quantitative estimate of drug-likeness (QED) is 0.863. The van der Waals surface area contributed by atoms with Crippen LogP contribution < -0.4 is 0 Å². The van der Waals surface area contributed by atoms with E-state index in [1.54, 1.807) is 18.2 Å². The number of halogens is 2. The van der Waals surface area contributed by atoms with Crippen molar-refractivity contribution in [3.8, 4) is 0 Å². The van der Waals surface area contributed by atoms with Crippen LogP contribution in [-0.2, 0) is 4.79 Å². The molecule has 2 rings (SSSR count). The van der Waals surface area contributed by atoms with Crippen molar-refractivity contribution in [3.05, 3.63) is 65.7 Å². The summed E-state index contributed by atoms with van der Waals surface area (Å²) in [6.07, 6.45) is 0. The van der Waals surface area contributed by atoms with Crippen LogP contribution in [0.1, 0.15) is 5.56 Å². The second kappa shape index (κ2) is 5.39. The monoisotopic (exact) mass is 261 g/mol. The van der Waals surface area contributed by atoms with Gasteiger partial charge in [-0.1, -0.05) is 30.3 Å². The van der Waals surface area contributed by atoms with E-state index in [-0.39, 0.29) is 11.4 Å². The molecule has 1 N–H and O–H groups in total. The molecule has 96 valence electrons. The molecule has 0 aromatic heterocycles. The van der Waals surface area contributed by atoms with Crippen molar-refractivity contribution in [2.75, 3.05) is 0 Å². The summed E-state index contributed by atoms with van der Waals surface area (Å²) in [7, 11) is 0. The van der Waals surface area contributed by atoms with Crippen molar-refractivity contribution >= 4 is 17.4 Å². The second-order valence-electron chi connectivity index (χ2n) is 3.73. The van der Waals surface area contributed by atoms with Gasteiger partial charge in [-0.05, 0) is 12.1 Å². The molecule has 0 radical (unpaired) electrons. The van der Waals surface area contributed by atoms with E-state index in [9.17, 15) is 13.6 Å². The summed E-state index contributed by atoms with van der Waals surface area (Å²) in [5.74, 6) is -2.77. The molecule has 5 heteroatoms. The van der Waals surface area contributed by atoms with Crippen LogP contribution in [0.4, 0.5) is 14.5 Å². The van der Waals surface area contributed by atoms with Crippen molar-refractivity contribution in [1.29, 1.82) is 0 Å². The third kappa shape index (κ3) is 3.01. The Morgan fingerprint density at radius 3 is 2.37 bits per heavy atom. The minimum Gasteiger partial charge on any atom is -0.476 e. The Morgan fingerprint density at radius 1 is 1.05 bits per heavy atom. The van der Waals surface area contributed by atoms with E-state index in [4.69, 9.17) is 5.11 Å². The molecule has 0 fully saturated rings. The summed E-state index contributed by atoms with van der Waals surface area (Å²) >= 11 is 0. The predicted octanol–water partition coefficient (Wildman–Crippen LogP) is 3.17. The van der Waals surface area contributed by atoms with E-state index >= 15 is 0 Å². The smallest absolute Gasteiger partial charge is 0.355 e. The fourth-order valence-corrected chi connectivity index (χ4v) is 1.52. The molecule has 0 atom stereocenters. The summed E-state index contributed by atoms with van der Waals surface area (Å²) in [5.41, 5.74) is -0.370. The molecule has 0 aliphatic carbocycles. The fraction of sp³-hybridized carbons (Fsp3) is 0. The van der Waals surface area contributed by atoms with Crippen molar-refractivity contribution in [3.63, 3.8) is 0 Å². The van der Waals surface area contributed by atoms with Crippen molar-refractivity contribution < 1.29 is 18.7 Å². The highest BCUT2D eigenvalue weighted by Gasteiger charge is 2.13. The number of nitrogens with zero attached hydrogens (tertiary/aromatic N) is 1. The zero-order chi connectivity index (χ0) is 13.8. The highest BCUT2D eigenvalue weighted by molar-refractivity contribution is 6.43. The van der Waals surface area contributed by atoms with Crippen LogP contribution in [0.5, 0.6) is 0 Å². The van der Waals surface area contributed by atoms with Crippen molar-refractivity contribution in [2.45, 2.75) is 0 Å². The summed E-state index contributed by atoms with van der Waals surface area (Å²) in [5, 5.41) is 9.10. The maximum absolute atomic E-state index is 13.4. The van der Waals surface area contributed by atoms with Gasteiger partial charge >= 0.3 is 5.97 Å². The molecule has 0 amide bonds. The van der Waals surface area contributed by atoms with Gasteiger partial charge in [0.05, 0.1) is 0 Å². The van der Waals surface area contributed by atoms with Gasteiger partial charge in [0, 0.05) is 11.6 Å². The highest BCUT2D eigenvalue weighted by Crippen LogP contribution is 2.20. The van der Waals surface area contributed by atoms with Gasteiger partial charge in [-0.2, -0.15) is 0 Å². The summed E-state index contributed by atoms with van der Waals surface area (Å²) in [4.78, 5) is 14.8. The number of hydrogen-bond donors (Lipinski definition) is 1. The Kier molecular flexibility index (Phi) is 3.66. The van der Waals surface area contributed by atoms with Gasteiger partial charge < -0.3 is 5.11 Å². The lowest BCUT2D eigenvalue weighted by Gasteiger charge is -2.03. The molecule has 2 aromatic carbocycles. The van der Waals surface area contributed by atoms with Crippen LogP contribution in [0, 0.1) is 11.6 Å². The minimum atomic E-state index is -1.31. The Hall–Kier alpha value is -2.56. The molecule has 0 saturated carbocycles. The molecule has 0 saturated heterocycles. The van der Waals surface area contributed by atoms with Crippen LogP contribution in [0.2, 0.25) is 0 Å². The first-order valence-corrected chi connectivity index (χ1v) is 5.40. The summed E-state index contributed by atoms with van der Waals surface area (Å²) < 4.78 is 26.5. The first-order chi connectivity index (χ1) is 9.08. The molecule has 19 heavy (non-hydrogen) atoms. The van der Waals surface area contributed by atoms with Gasteiger partial charge in [-0.3, -0.25) is 0 Å². The van der Waals surface area contributed by atoms with Gasteiger partial charge in [0.15, 0.2) is 5.71 Å². The number of carbonyl (C=O) groups is 1. The topological polar surface area (TPSA) is 49.7 Å². The molecular formula is C14H9F2NO2. The van der Waals surface area contributed by atoms with Crippen molar-refractivity contribution in [2.24, 2.45) is 4.99 Å². The molecule has 0 unspecified atom stereocenters. The molecule has 0 heterocycles. The molecule has 2 aromatic rings. The van der Waals surface area contributed by atoms with Crippen LogP contribution in [-0.4, -0.2) is 16.8 Å². The maximum atomic E-state index is 13.4. The number of aliphatic carboxylic acids is 1. The average molecular weight is 261 g/mol. The SMILES string of the molecule is O=C(O)C(=Nc1cc(F)ccc1F)c1ccccc1. The normalized spacial score (nSPS) is 11.4. The van der Waals surface area contributed by atoms with E-state index in [1.807, 2.05) is 0 Å². The zero-order valence-corrected chi connectivity index (χ0v) is 9.68. The van der Waals surface area contributed by atoms with Gasteiger partial charge in [0.2, 0.25) is 0 Å². The average Bonchev–Trinajstić information content (AvgIpc) is 2.40. The highest BCUT2D eigenvalue weighted by atomic mass is 19.1. The first-order valence-electron chi connectivity index (χ1n) is 5.40. The molecule has 0 aliphatic heterocycles. The Bertz CT molecular complexity index is 639. The maximum Gasteiger partial charge on any atom is 0.355 e. The van der Waals surface area contributed by atoms with Crippen LogP contribution in [0.3, 0.4) is 0 Å². The van der Waals surface area contributed by atoms with Gasteiger partial charge in [0.1, 0.15) is 17.3 Å². The zero-order valence-electron chi connectivity index (χ0n) is 9.68. The standard InChI is InChI=1S/C14H9F2NO2/c15-10-6-7-11(16)12(8-10)17-13(14(18)19)9-4-2-1-3-5-9/h1-8H,(H,18,19). The summed E-state index contributed by atoms with van der Waals surface area (Å²) in [6.45, 7) is 0. The minimum absolute atomic E-state index is 0.318. The van der Waals surface area contributed by atoms with E-state index < -0.39 is 17.6 Å². The van der Waals surface area contributed by atoms with Crippen LogP contribution in [0.15, 0.2) is 53.5 Å². The molecule has 0 spiro atoms. The Balaban J connectivity index is 2.54. The molecule has 0 bridgehead atoms. The number of carboxylic acid groups (broad SMARTS) is 1. The molecule has 0 aliphatic rings. The number of benzene rings is 2. The van der Waals surface area contributed by atoms with Gasteiger partial charge in [-0.15, -0.1) is 0 Å². The van der Waals surface area contributed by atoms with Crippen molar-refractivity contribution in [1.82, 2.24) is 0 Å². The van der Waals surface area contributed by atoms with E-state index in [2.05, 4.69) is 4.99 Å². The molecule has 3 nitrogen and oxygen atoms in total. The number of carboxylic acids is 1. The predicted molar refractivity (Wildman–Crippen MR) is 66.6 cm³/mol. The largest absolute Gasteiger partial charge is 0.476 e. The first kappa shape index (κ1) is 12.9. The van der Waals surface area contributed by atoms with E-state index in [0.717, 1.165) is 18.2 Å². The number of aliphatic imine (C=N–C) groups is 1. The van der Waals surface area contributed by atoms with Gasteiger partial charge in [-0.25, -0.2) is 18.6 Å². The van der Waals surface area contributed by atoms with E-state index in [0.29, 0.717) is 5.56 Å².